The van der Waals surface area contributed by atoms with Crippen molar-refractivity contribution in [2.24, 2.45) is 0 Å². The van der Waals surface area contributed by atoms with Crippen LogP contribution in [0.2, 0.25) is 0 Å². The number of aryl methyl sites for hydroxylation is 1. The molecule has 9 heteroatoms. The quantitative estimate of drug-likeness (QED) is 0.467. The third kappa shape index (κ3) is 4.50. The summed E-state index contributed by atoms with van der Waals surface area (Å²) < 4.78 is 10.5. The summed E-state index contributed by atoms with van der Waals surface area (Å²) in [6, 6.07) is 19.1. The van der Waals surface area contributed by atoms with Crippen LogP contribution in [-0.4, -0.2) is 39.0 Å². The topological polar surface area (TPSA) is 88.2 Å². The van der Waals surface area contributed by atoms with Crippen LogP contribution in [0.25, 0.3) is 0 Å². The number of hydrogen-bond acceptors (Lipinski definition) is 6. The summed E-state index contributed by atoms with van der Waals surface area (Å²) in [4.78, 5) is 41.9. The van der Waals surface area contributed by atoms with E-state index >= 15 is 0 Å². The Morgan fingerprint density at radius 3 is 2.33 bits per heavy atom. The minimum atomic E-state index is -0.693. The molecule has 3 aromatic carbocycles. The number of carbonyl (C=O) groups is 3. The van der Waals surface area contributed by atoms with Crippen molar-refractivity contribution in [2.75, 3.05) is 36.4 Å². The Balaban J connectivity index is 1.63. The van der Waals surface area contributed by atoms with E-state index in [1.807, 2.05) is 37.3 Å². The number of benzene rings is 3. The minimum Gasteiger partial charge on any atom is -0.497 e. The molecule has 0 radical (unpaired) electrons. The normalized spacial score (nSPS) is 13.2. The van der Waals surface area contributed by atoms with Gasteiger partial charge in [0.15, 0.2) is 0 Å². The second-order valence-electron chi connectivity index (χ2n) is 8.03. The van der Waals surface area contributed by atoms with Gasteiger partial charge in [-0.25, -0.2) is 4.90 Å². The number of halogens is 1. The van der Waals surface area contributed by atoms with E-state index in [0.717, 1.165) is 16.2 Å². The molecule has 1 aliphatic rings. The maximum atomic E-state index is 13.3. The summed E-state index contributed by atoms with van der Waals surface area (Å²) in [5, 5.41) is 2.70. The average molecular weight is 506 g/mol. The van der Waals surface area contributed by atoms with Crippen LogP contribution in [0.15, 0.2) is 77.5 Å². The molecular weight excluding hydrogens is 482 g/mol. The SMILES string of the molecule is COc1ccc(N2C(=O)C(Cl)=C(Nc3cc(C(=O)N(C)c4ccccc4)ccc3C)C2=O)c(OC)c1. The average Bonchev–Trinajstić information content (AvgIpc) is 3.11. The number of methoxy groups -OCH3 is 2. The van der Waals surface area contributed by atoms with Crippen LogP contribution >= 0.6 is 11.6 Å². The zero-order chi connectivity index (χ0) is 26.0. The fourth-order valence-electron chi connectivity index (χ4n) is 3.79. The van der Waals surface area contributed by atoms with E-state index in [1.54, 1.807) is 43.4 Å². The molecule has 0 unspecified atom stereocenters. The van der Waals surface area contributed by atoms with E-state index in [2.05, 4.69) is 5.32 Å². The molecule has 0 spiro atoms. The summed E-state index contributed by atoms with van der Waals surface area (Å²) >= 11 is 6.32. The Morgan fingerprint density at radius 2 is 1.67 bits per heavy atom. The zero-order valence-electron chi connectivity index (χ0n) is 20.2. The van der Waals surface area contributed by atoms with Crippen LogP contribution < -0.4 is 24.6 Å². The van der Waals surface area contributed by atoms with Crippen LogP contribution in [0.3, 0.4) is 0 Å². The summed E-state index contributed by atoms with van der Waals surface area (Å²) in [5.74, 6) is -0.797. The maximum absolute atomic E-state index is 13.3. The van der Waals surface area contributed by atoms with Crippen molar-refractivity contribution in [1.82, 2.24) is 0 Å². The standard InChI is InChI=1S/C27H24ClN3O5/c1-16-10-11-17(25(32)30(2)18-8-6-5-7-9-18)14-20(16)29-24-23(28)26(33)31(27(24)34)21-13-12-19(35-3)15-22(21)36-4/h5-15,29H,1-4H3. The van der Waals surface area contributed by atoms with E-state index in [9.17, 15) is 14.4 Å². The van der Waals surface area contributed by atoms with Crippen molar-refractivity contribution in [2.45, 2.75) is 6.92 Å². The van der Waals surface area contributed by atoms with Crippen LogP contribution in [0.4, 0.5) is 17.1 Å². The number of amides is 3. The number of nitrogens with one attached hydrogen (secondary N) is 1. The molecule has 0 bridgehead atoms. The first-order valence-electron chi connectivity index (χ1n) is 11.0. The van der Waals surface area contributed by atoms with Gasteiger partial charge in [0.2, 0.25) is 0 Å². The zero-order valence-corrected chi connectivity index (χ0v) is 20.9. The molecule has 3 aromatic rings. The molecule has 0 aromatic heterocycles. The molecule has 36 heavy (non-hydrogen) atoms. The second kappa shape index (κ2) is 10.1. The van der Waals surface area contributed by atoms with Gasteiger partial charge in [-0.2, -0.15) is 0 Å². The van der Waals surface area contributed by atoms with Gasteiger partial charge in [-0.15, -0.1) is 0 Å². The van der Waals surface area contributed by atoms with Gasteiger partial charge in [0.25, 0.3) is 17.7 Å². The van der Waals surface area contributed by atoms with Crippen LogP contribution in [0, 0.1) is 6.92 Å². The van der Waals surface area contributed by atoms with Crippen molar-refractivity contribution in [3.63, 3.8) is 0 Å². The van der Waals surface area contributed by atoms with Gasteiger partial charge in [0, 0.05) is 30.1 Å². The highest BCUT2D eigenvalue weighted by atomic mass is 35.5. The number of carbonyl (C=O) groups excluding carboxylic acids is 3. The lowest BCUT2D eigenvalue weighted by Crippen LogP contribution is -2.32. The molecule has 3 amide bonds. The Morgan fingerprint density at radius 1 is 0.944 bits per heavy atom. The number of anilines is 3. The predicted molar refractivity (Wildman–Crippen MR) is 139 cm³/mol. The van der Waals surface area contributed by atoms with Gasteiger partial charge in [-0.05, 0) is 48.9 Å². The lowest BCUT2D eigenvalue weighted by Gasteiger charge is -2.20. The van der Waals surface area contributed by atoms with Crippen molar-refractivity contribution in [3.05, 3.63) is 88.6 Å². The highest BCUT2D eigenvalue weighted by Crippen LogP contribution is 2.38. The number of imide groups is 1. The van der Waals surface area contributed by atoms with Gasteiger partial charge in [0.05, 0.1) is 19.9 Å². The van der Waals surface area contributed by atoms with Gasteiger partial charge >= 0.3 is 0 Å². The van der Waals surface area contributed by atoms with E-state index in [1.165, 1.54) is 19.1 Å². The van der Waals surface area contributed by atoms with Gasteiger partial charge in [0.1, 0.15) is 22.2 Å². The second-order valence-corrected chi connectivity index (χ2v) is 8.40. The number of nitrogens with zero attached hydrogens (tertiary/aromatic N) is 2. The molecule has 1 N–H and O–H groups in total. The monoisotopic (exact) mass is 505 g/mol. The summed E-state index contributed by atoms with van der Waals surface area (Å²) in [6.45, 7) is 1.82. The van der Waals surface area contributed by atoms with Crippen LogP contribution in [0.5, 0.6) is 11.5 Å². The van der Waals surface area contributed by atoms with Crippen molar-refractivity contribution < 1.29 is 23.9 Å². The third-order valence-corrected chi connectivity index (χ3v) is 6.20. The third-order valence-electron chi connectivity index (χ3n) is 5.85. The number of para-hydroxylation sites is 1. The van der Waals surface area contributed by atoms with Crippen molar-refractivity contribution in [1.29, 1.82) is 0 Å². The Kier molecular flexibility index (Phi) is 6.98. The van der Waals surface area contributed by atoms with Gasteiger partial charge in [-0.3, -0.25) is 14.4 Å². The number of hydrogen-bond donors (Lipinski definition) is 1. The fraction of sp³-hybridized carbons (Fsp3) is 0.148. The van der Waals surface area contributed by atoms with Crippen molar-refractivity contribution >= 4 is 46.4 Å². The molecule has 4 rings (SSSR count). The van der Waals surface area contributed by atoms with Crippen LogP contribution in [-0.2, 0) is 9.59 Å². The first kappa shape index (κ1) is 24.8. The Hall–Kier alpha value is -4.30. The summed E-state index contributed by atoms with van der Waals surface area (Å²) in [6.07, 6.45) is 0. The highest BCUT2D eigenvalue weighted by Gasteiger charge is 2.40. The fourth-order valence-corrected chi connectivity index (χ4v) is 4.00. The molecule has 0 saturated heterocycles. The largest absolute Gasteiger partial charge is 0.497 e. The minimum absolute atomic E-state index is 0.0938. The lowest BCUT2D eigenvalue weighted by atomic mass is 10.1. The van der Waals surface area contributed by atoms with E-state index < -0.39 is 11.8 Å². The molecule has 0 saturated carbocycles. The molecule has 184 valence electrons. The Bertz CT molecular complexity index is 1390. The predicted octanol–water partition coefficient (Wildman–Crippen LogP) is 4.72. The van der Waals surface area contributed by atoms with Crippen LogP contribution in [0.1, 0.15) is 15.9 Å². The van der Waals surface area contributed by atoms with Gasteiger partial charge in [-0.1, -0.05) is 35.9 Å². The Labute approximate surface area is 213 Å². The van der Waals surface area contributed by atoms with Crippen molar-refractivity contribution in [3.8, 4) is 11.5 Å². The molecule has 1 aliphatic heterocycles. The molecule has 0 atom stereocenters. The lowest BCUT2D eigenvalue weighted by molar-refractivity contribution is -0.120. The number of ether oxygens (including phenoxy) is 2. The van der Waals surface area contributed by atoms with Gasteiger partial charge < -0.3 is 19.7 Å². The first-order valence-corrected chi connectivity index (χ1v) is 11.4. The van der Waals surface area contributed by atoms with E-state index in [0.29, 0.717) is 17.0 Å². The first-order chi connectivity index (χ1) is 17.3. The molecular formula is C27H24ClN3O5. The molecule has 8 nitrogen and oxygen atoms in total. The molecule has 1 heterocycles. The summed E-state index contributed by atoms with van der Waals surface area (Å²) in [7, 11) is 4.61. The smallest absolute Gasteiger partial charge is 0.283 e. The highest BCUT2D eigenvalue weighted by molar-refractivity contribution is 6.53. The molecule has 0 fully saturated rings. The summed E-state index contributed by atoms with van der Waals surface area (Å²) in [5.41, 5.74) is 2.50. The number of rotatable bonds is 7. The maximum Gasteiger partial charge on any atom is 0.283 e. The van der Waals surface area contributed by atoms with E-state index in [4.69, 9.17) is 21.1 Å². The molecule has 0 aliphatic carbocycles. The van der Waals surface area contributed by atoms with E-state index in [-0.39, 0.29) is 28.1 Å².